The van der Waals surface area contributed by atoms with Crippen molar-refractivity contribution in [2.45, 2.75) is 38.6 Å². The first-order valence-electron chi connectivity index (χ1n) is 6.26. The molecule has 0 aromatic heterocycles. The fourth-order valence-electron chi connectivity index (χ4n) is 2.36. The average molecular weight is 360 g/mol. The molecule has 4 nitrogen and oxygen atoms in total. The van der Waals surface area contributed by atoms with Crippen molar-refractivity contribution in [2.75, 3.05) is 5.32 Å². The summed E-state index contributed by atoms with van der Waals surface area (Å²) in [5.41, 5.74) is 1.17. The number of hydrogen-bond donors (Lipinski definition) is 1. The van der Waals surface area contributed by atoms with Gasteiger partial charge in [-0.1, -0.05) is 6.92 Å². The molecule has 18 heavy (non-hydrogen) atoms. The monoisotopic (exact) mass is 360 g/mol. The highest BCUT2D eigenvalue weighted by atomic mass is 127. The van der Waals surface area contributed by atoms with Crippen LogP contribution in [0.15, 0.2) is 18.2 Å². The van der Waals surface area contributed by atoms with Gasteiger partial charge < -0.3 is 5.32 Å². The molecular weight excluding hydrogens is 343 g/mol. The van der Waals surface area contributed by atoms with Gasteiger partial charge in [-0.15, -0.1) is 0 Å². The van der Waals surface area contributed by atoms with Crippen LogP contribution in [0.4, 0.5) is 11.4 Å². The summed E-state index contributed by atoms with van der Waals surface area (Å²) in [5, 5.41) is 14.2. The zero-order valence-corrected chi connectivity index (χ0v) is 12.5. The second kappa shape index (κ2) is 5.86. The van der Waals surface area contributed by atoms with E-state index in [9.17, 15) is 10.1 Å². The molecule has 0 bridgehead atoms. The Morgan fingerprint density at radius 2 is 2.00 bits per heavy atom. The largest absolute Gasteiger partial charge is 0.381 e. The van der Waals surface area contributed by atoms with E-state index in [2.05, 4.69) is 34.8 Å². The second-order valence-electron chi connectivity index (χ2n) is 5.02. The van der Waals surface area contributed by atoms with Gasteiger partial charge in [0.1, 0.15) is 0 Å². The topological polar surface area (TPSA) is 55.2 Å². The second-order valence-corrected chi connectivity index (χ2v) is 6.18. The third-order valence-corrected chi connectivity index (χ3v) is 4.43. The summed E-state index contributed by atoms with van der Waals surface area (Å²) in [6, 6.07) is 5.51. The Hall–Kier alpha value is -0.850. The van der Waals surface area contributed by atoms with E-state index in [1.54, 1.807) is 12.1 Å². The molecule has 1 aromatic rings. The molecule has 0 radical (unpaired) electrons. The molecular formula is C13H17IN2O2. The van der Waals surface area contributed by atoms with Crippen molar-refractivity contribution < 1.29 is 4.92 Å². The molecule has 0 saturated heterocycles. The van der Waals surface area contributed by atoms with Gasteiger partial charge in [-0.2, -0.15) is 0 Å². The van der Waals surface area contributed by atoms with Crippen molar-refractivity contribution in [3.8, 4) is 0 Å². The molecule has 1 saturated carbocycles. The van der Waals surface area contributed by atoms with E-state index in [1.165, 1.54) is 25.7 Å². The predicted octanol–water partition coefficient (Wildman–Crippen LogP) is 4.19. The van der Waals surface area contributed by atoms with Crippen molar-refractivity contribution in [1.29, 1.82) is 0 Å². The molecule has 0 heterocycles. The molecule has 1 N–H and O–H groups in total. The Balaban J connectivity index is 2.03. The van der Waals surface area contributed by atoms with Crippen molar-refractivity contribution in [3.05, 3.63) is 31.9 Å². The zero-order valence-electron chi connectivity index (χ0n) is 10.4. The number of anilines is 1. The van der Waals surface area contributed by atoms with Gasteiger partial charge in [0, 0.05) is 27.4 Å². The molecule has 1 aliphatic carbocycles. The quantitative estimate of drug-likeness (QED) is 0.500. The number of nitro benzene ring substituents is 1. The Morgan fingerprint density at radius 1 is 1.33 bits per heavy atom. The van der Waals surface area contributed by atoms with Gasteiger partial charge in [0.15, 0.2) is 0 Å². The van der Waals surface area contributed by atoms with Crippen LogP contribution in [-0.2, 0) is 0 Å². The first-order valence-corrected chi connectivity index (χ1v) is 7.34. The van der Waals surface area contributed by atoms with E-state index in [0.717, 1.165) is 15.2 Å². The molecule has 1 aromatic carbocycles. The van der Waals surface area contributed by atoms with Crippen LogP contribution in [0.25, 0.3) is 0 Å². The summed E-state index contributed by atoms with van der Waals surface area (Å²) in [6.07, 6.45) is 4.91. The van der Waals surface area contributed by atoms with E-state index >= 15 is 0 Å². The van der Waals surface area contributed by atoms with Crippen LogP contribution in [-0.4, -0.2) is 11.0 Å². The zero-order chi connectivity index (χ0) is 13.1. The number of non-ortho nitro benzene ring substituents is 1. The number of hydrogen-bond acceptors (Lipinski definition) is 3. The Labute approximate surface area is 120 Å². The van der Waals surface area contributed by atoms with E-state index in [-0.39, 0.29) is 10.6 Å². The average Bonchev–Trinajstić information content (AvgIpc) is 2.34. The highest BCUT2D eigenvalue weighted by Crippen LogP contribution is 2.29. The molecule has 0 aliphatic heterocycles. The number of nitrogens with one attached hydrogen (secondary N) is 1. The molecule has 0 unspecified atom stereocenters. The van der Waals surface area contributed by atoms with Crippen molar-refractivity contribution >= 4 is 34.0 Å². The van der Waals surface area contributed by atoms with Gasteiger partial charge in [0.2, 0.25) is 0 Å². The van der Waals surface area contributed by atoms with Crippen LogP contribution in [0.3, 0.4) is 0 Å². The molecule has 1 aliphatic rings. The minimum absolute atomic E-state index is 0.155. The lowest BCUT2D eigenvalue weighted by atomic mass is 9.87. The maximum atomic E-state index is 10.7. The smallest absolute Gasteiger partial charge is 0.270 e. The fourth-order valence-corrected chi connectivity index (χ4v) is 3.01. The SMILES string of the molecule is CC1CCC(Nc2ccc([N+](=O)[O-])cc2I)CC1. The Morgan fingerprint density at radius 3 is 2.56 bits per heavy atom. The van der Waals surface area contributed by atoms with Gasteiger partial charge in [0.05, 0.1) is 4.92 Å². The van der Waals surface area contributed by atoms with Crippen LogP contribution >= 0.6 is 22.6 Å². The molecule has 5 heteroatoms. The molecule has 0 amide bonds. The van der Waals surface area contributed by atoms with Gasteiger partial charge >= 0.3 is 0 Å². The lowest BCUT2D eigenvalue weighted by Gasteiger charge is -2.28. The first kappa shape index (κ1) is 13.6. The van der Waals surface area contributed by atoms with Gasteiger partial charge in [-0.05, 0) is 60.3 Å². The lowest BCUT2D eigenvalue weighted by Crippen LogP contribution is -2.25. The minimum Gasteiger partial charge on any atom is -0.381 e. The first-order chi connectivity index (χ1) is 8.56. The summed E-state index contributed by atoms with van der Waals surface area (Å²) < 4.78 is 0.917. The molecule has 1 fully saturated rings. The third-order valence-electron chi connectivity index (χ3n) is 3.54. The van der Waals surface area contributed by atoms with Crippen LogP contribution in [0.2, 0.25) is 0 Å². The predicted molar refractivity (Wildman–Crippen MR) is 80.9 cm³/mol. The van der Waals surface area contributed by atoms with Gasteiger partial charge in [-0.25, -0.2) is 0 Å². The molecule has 0 spiro atoms. The van der Waals surface area contributed by atoms with Crippen molar-refractivity contribution in [1.82, 2.24) is 0 Å². The molecule has 98 valence electrons. The molecule has 2 rings (SSSR count). The van der Waals surface area contributed by atoms with Crippen LogP contribution < -0.4 is 5.32 Å². The van der Waals surface area contributed by atoms with E-state index in [1.807, 2.05) is 6.07 Å². The number of nitro groups is 1. The maximum Gasteiger partial charge on any atom is 0.270 e. The third kappa shape index (κ3) is 3.34. The van der Waals surface area contributed by atoms with Crippen molar-refractivity contribution in [3.63, 3.8) is 0 Å². The standard InChI is InChI=1S/C13H17IN2O2/c1-9-2-4-10(5-3-9)15-13-7-6-11(16(17)18)8-12(13)14/h6-10,15H,2-5H2,1H3. The maximum absolute atomic E-state index is 10.7. The normalized spacial score (nSPS) is 23.7. The van der Waals surface area contributed by atoms with E-state index in [4.69, 9.17) is 0 Å². The fraction of sp³-hybridized carbons (Fsp3) is 0.538. The van der Waals surface area contributed by atoms with Crippen LogP contribution in [0, 0.1) is 19.6 Å². The molecule has 0 atom stereocenters. The van der Waals surface area contributed by atoms with Crippen LogP contribution in [0.5, 0.6) is 0 Å². The summed E-state index contributed by atoms with van der Waals surface area (Å²) in [5.74, 6) is 0.832. The number of nitrogens with zero attached hydrogens (tertiary/aromatic N) is 1. The van der Waals surface area contributed by atoms with Crippen LogP contribution in [0.1, 0.15) is 32.6 Å². The van der Waals surface area contributed by atoms with Gasteiger partial charge in [0.25, 0.3) is 5.69 Å². The summed E-state index contributed by atoms with van der Waals surface area (Å²) in [7, 11) is 0. The summed E-state index contributed by atoms with van der Waals surface area (Å²) in [4.78, 5) is 10.3. The number of benzene rings is 1. The van der Waals surface area contributed by atoms with Crippen molar-refractivity contribution in [2.24, 2.45) is 5.92 Å². The minimum atomic E-state index is -0.353. The van der Waals surface area contributed by atoms with E-state index < -0.39 is 0 Å². The van der Waals surface area contributed by atoms with Gasteiger partial charge in [-0.3, -0.25) is 10.1 Å². The Bertz CT molecular complexity index is 443. The summed E-state index contributed by atoms with van der Waals surface area (Å²) in [6.45, 7) is 2.30. The highest BCUT2D eigenvalue weighted by molar-refractivity contribution is 14.1. The van der Waals surface area contributed by atoms with E-state index in [0.29, 0.717) is 6.04 Å². The summed E-state index contributed by atoms with van der Waals surface area (Å²) >= 11 is 2.15. The highest BCUT2D eigenvalue weighted by Gasteiger charge is 2.19. The number of halogens is 1. The Kier molecular flexibility index (Phi) is 4.42. The lowest BCUT2D eigenvalue weighted by molar-refractivity contribution is -0.384. The number of rotatable bonds is 3.